The molecule has 0 radical (unpaired) electrons. The smallest absolute Gasteiger partial charge is 0.416 e. The van der Waals surface area contributed by atoms with Gasteiger partial charge in [-0.3, -0.25) is 4.90 Å². The van der Waals surface area contributed by atoms with Crippen molar-refractivity contribution in [1.82, 2.24) is 4.90 Å². The van der Waals surface area contributed by atoms with E-state index in [0.717, 1.165) is 28.8 Å². The number of aryl methyl sites for hydroxylation is 2. The lowest BCUT2D eigenvalue weighted by atomic mass is 9.93. The van der Waals surface area contributed by atoms with Crippen molar-refractivity contribution in [1.29, 1.82) is 0 Å². The minimum absolute atomic E-state index is 0.131. The number of halogens is 4. The van der Waals surface area contributed by atoms with Crippen LogP contribution in [0.4, 0.5) is 22.4 Å². The van der Waals surface area contributed by atoms with Crippen molar-refractivity contribution in [2.24, 2.45) is 0 Å². The predicted molar refractivity (Wildman–Crippen MR) is 154 cm³/mol. The van der Waals surface area contributed by atoms with Crippen LogP contribution in [0.1, 0.15) is 51.2 Å². The number of methoxy groups -OCH3 is 1. The zero-order valence-electron chi connectivity index (χ0n) is 24.0. The van der Waals surface area contributed by atoms with Crippen molar-refractivity contribution < 1.29 is 36.6 Å². The van der Waals surface area contributed by atoms with Crippen molar-refractivity contribution in [3.8, 4) is 22.3 Å². The Balaban J connectivity index is 1.46. The number of ether oxygens (including phenoxy) is 2. The van der Waals surface area contributed by atoms with Gasteiger partial charge in [-0.2, -0.15) is 13.2 Å². The van der Waals surface area contributed by atoms with Crippen LogP contribution in [0.2, 0.25) is 0 Å². The molecule has 0 aliphatic carbocycles. The number of esters is 1. The number of carbonyl (C=O) groups is 2. The van der Waals surface area contributed by atoms with Crippen LogP contribution in [0, 0.1) is 19.7 Å². The Hall–Kier alpha value is -4.66. The van der Waals surface area contributed by atoms with E-state index < -0.39 is 41.8 Å². The maximum Gasteiger partial charge on any atom is 0.416 e. The molecule has 1 saturated heterocycles. The zero-order valence-corrected chi connectivity index (χ0v) is 24.0. The molecular formula is C34H29F4NO4. The second kappa shape index (κ2) is 11.6. The average Bonchev–Trinajstić information content (AvgIpc) is 3.25. The van der Waals surface area contributed by atoms with Gasteiger partial charge < -0.3 is 9.47 Å². The third kappa shape index (κ3) is 6.11. The molecule has 4 aromatic carbocycles. The summed E-state index contributed by atoms with van der Waals surface area (Å²) >= 11 is 0. The highest BCUT2D eigenvalue weighted by Gasteiger charge is 2.41. The first-order valence-electron chi connectivity index (χ1n) is 13.6. The standard InChI is InChI=1S/C34H29F4NO4/c1-19-5-11-28(24-10-12-30(35)29(17-24)22-6-8-23(9-7-22)32(40)42-4)26(13-19)18-39-21(3)31(43-33(39)41)25-14-20(2)15-27(16-25)34(36,37)38/h5-17,21,31H,18H2,1-4H3/t21-,31-/m0/s1. The van der Waals surface area contributed by atoms with E-state index in [0.29, 0.717) is 27.8 Å². The van der Waals surface area contributed by atoms with Gasteiger partial charge in [0, 0.05) is 5.56 Å². The van der Waals surface area contributed by atoms with Crippen LogP contribution in [0.15, 0.2) is 78.9 Å². The Labute approximate surface area is 246 Å². The molecule has 1 aliphatic rings. The van der Waals surface area contributed by atoms with Crippen LogP contribution in [-0.2, 0) is 22.2 Å². The van der Waals surface area contributed by atoms with Gasteiger partial charge in [0.05, 0.1) is 30.8 Å². The third-order valence-electron chi connectivity index (χ3n) is 7.64. The Morgan fingerprint density at radius 1 is 0.884 bits per heavy atom. The highest BCUT2D eigenvalue weighted by atomic mass is 19.4. The second-order valence-corrected chi connectivity index (χ2v) is 10.7. The highest BCUT2D eigenvalue weighted by Crippen LogP contribution is 2.39. The first-order valence-corrected chi connectivity index (χ1v) is 13.6. The van der Waals surface area contributed by atoms with Gasteiger partial charge in [0.2, 0.25) is 0 Å². The van der Waals surface area contributed by atoms with Gasteiger partial charge in [-0.25, -0.2) is 14.0 Å². The topological polar surface area (TPSA) is 55.8 Å². The van der Waals surface area contributed by atoms with Crippen LogP contribution in [0.3, 0.4) is 0 Å². The van der Waals surface area contributed by atoms with Gasteiger partial charge in [0.1, 0.15) is 11.9 Å². The summed E-state index contributed by atoms with van der Waals surface area (Å²) in [5.41, 5.74) is 4.30. The number of carbonyl (C=O) groups excluding carboxylic acids is 2. The monoisotopic (exact) mass is 591 g/mol. The molecule has 222 valence electrons. The number of hydrogen-bond acceptors (Lipinski definition) is 4. The van der Waals surface area contributed by atoms with E-state index in [9.17, 15) is 27.2 Å². The summed E-state index contributed by atoms with van der Waals surface area (Å²) in [5, 5.41) is 0. The molecule has 0 bridgehead atoms. The molecule has 4 aromatic rings. The maximum atomic E-state index is 15.0. The van der Waals surface area contributed by atoms with Gasteiger partial charge in [-0.15, -0.1) is 0 Å². The van der Waals surface area contributed by atoms with E-state index in [4.69, 9.17) is 9.47 Å². The van der Waals surface area contributed by atoms with Crippen molar-refractivity contribution in [3.63, 3.8) is 0 Å². The van der Waals surface area contributed by atoms with E-state index >= 15 is 0 Å². The lowest BCUT2D eigenvalue weighted by Crippen LogP contribution is -2.31. The summed E-state index contributed by atoms with van der Waals surface area (Å²) < 4.78 is 65.8. The quantitative estimate of drug-likeness (QED) is 0.166. The van der Waals surface area contributed by atoms with Gasteiger partial charge in [-0.1, -0.05) is 53.6 Å². The summed E-state index contributed by atoms with van der Waals surface area (Å²) in [5.74, 6) is -0.940. The van der Waals surface area contributed by atoms with Crippen molar-refractivity contribution in [3.05, 3.63) is 118 Å². The predicted octanol–water partition coefficient (Wildman–Crippen LogP) is 8.66. The number of alkyl halides is 3. The van der Waals surface area contributed by atoms with Crippen LogP contribution in [0.25, 0.3) is 22.3 Å². The minimum Gasteiger partial charge on any atom is -0.465 e. The minimum atomic E-state index is -4.53. The van der Waals surface area contributed by atoms with Crippen LogP contribution in [0.5, 0.6) is 0 Å². The molecular weight excluding hydrogens is 562 g/mol. The maximum absolute atomic E-state index is 15.0. The molecule has 5 nitrogen and oxygen atoms in total. The normalized spacial score (nSPS) is 16.7. The first-order chi connectivity index (χ1) is 20.3. The van der Waals surface area contributed by atoms with Crippen molar-refractivity contribution in [2.75, 3.05) is 7.11 Å². The Bertz CT molecular complexity index is 1700. The van der Waals surface area contributed by atoms with Crippen LogP contribution < -0.4 is 0 Å². The Morgan fingerprint density at radius 2 is 1.58 bits per heavy atom. The second-order valence-electron chi connectivity index (χ2n) is 10.7. The summed E-state index contributed by atoms with van der Waals surface area (Å²) in [6, 6.07) is 20.0. The molecule has 1 heterocycles. The molecule has 0 unspecified atom stereocenters. The molecule has 9 heteroatoms. The lowest BCUT2D eigenvalue weighted by Gasteiger charge is -2.23. The Morgan fingerprint density at radius 3 is 2.26 bits per heavy atom. The first kappa shape index (κ1) is 29.8. The van der Waals surface area contributed by atoms with E-state index in [1.807, 2.05) is 25.1 Å². The fourth-order valence-electron chi connectivity index (χ4n) is 5.44. The summed E-state index contributed by atoms with van der Waals surface area (Å²) in [7, 11) is 1.29. The number of rotatable bonds is 6. The van der Waals surface area contributed by atoms with Gasteiger partial charge in [0.25, 0.3) is 0 Å². The molecule has 0 spiro atoms. The average molecular weight is 592 g/mol. The number of hydrogen-bond donors (Lipinski definition) is 0. The number of benzene rings is 4. The SMILES string of the molecule is COC(=O)c1ccc(-c2cc(-c3ccc(C)cc3CN3C(=O)O[C@H](c4cc(C)cc(C(F)(F)F)c4)[C@@H]3C)ccc2F)cc1. The molecule has 2 atom stereocenters. The fourth-order valence-corrected chi connectivity index (χ4v) is 5.44. The zero-order chi connectivity index (χ0) is 31.1. The largest absolute Gasteiger partial charge is 0.465 e. The highest BCUT2D eigenvalue weighted by molar-refractivity contribution is 5.90. The molecule has 43 heavy (non-hydrogen) atoms. The molecule has 1 fully saturated rings. The molecule has 1 amide bonds. The molecule has 0 saturated carbocycles. The molecule has 1 aliphatic heterocycles. The molecule has 0 N–H and O–H groups in total. The Kier molecular flexibility index (Phi) is 8.01. The van der Waals surface area contributed by atoms with Crippen LogP contribution in [-0.4, -0.2) is 30.1 Å². The summed E-state index contributed by atoms with van der Waals surface area (Å²) in [6.45, 7) is 5.36. The summed E-state index contributed by atoms with van der Waals surface area (Å²) in [4.78, 5) is 26.4. The number of nitrogens with zero attached hydrogens (tertiary/aromatic N) is 1. The van der Waals surface area contributed by atoms with Crippen molar-refractivity contribution >= 4 is 12.1 Å². The van der Waals surface area contributed by atoms with Crippen molar-refractivity contribution in [2.45, 2.75) is 45.6 Å². The summed E-state index contributed by atoms with van der Waals surface area (Å²) in [6.07, 6.45) is -6.04. The van der Waals surface area contributed by atoms with E-state index in [1.165, 1.54) is 18.1 Å². The third-order valence-corrected chi connectivity index (χ3v) is 7.64. The molecule has 0 aromatic heterocycles. The van der Waals surface area contributed by atoms with Crippen LogP contribution >= 0.6 is 0 Å². The van der Waals surface area contributed by atoms with Gasteiger partial charge >= 0.3 is 18.2 Å². The van der Waals surface area contributed by atoms with Gasteiger partial charge in [0.15, 0.2) is 0 Å². The van der Waals surface area contributed by atoms with E-state index in [1.54, 1.807) is 56.3 Å². The lowest BCUT2D eigenvalue weighted by molar-refractivity contribution is -0.137. The number of amides is 1. The van der Waals surface area contributed by atoms with Gasteiger partial charge in [-0.05, 0) is 85.0 Å². The molecule has 5 rings (SSSR count). The number of cyclic esters (lactones) is 1. The van der Waals surface area contributed by atoms with E-state index in [2.05, 4.69) is 0 Å². The fraction of sp³-hybridized carbons (Fsp3) is 0.235. The van der Waals surface area contributed by atoms with E-state index in [-0.39, 0.29) is 12.1 Å².